The number of unbranched alkanes of at least 4 members (excludes halogenated alkanes) is 23. The molecule has 0 heterocycles. The summed E-state index contributed by atoms with van der Waals surface area (Å²) in [5.74, 6) is -0.210. The molecule has 0 rings (SSSR count). The van der Waals surface area contributed by atoms with Crippen molar-refractivity contribution in [3.8, 4) is 0 Å². The predicted octanol–water partition coefficient (Wildman–Crippen LogP) is 12.0. The van der Waals surface area contributed by atoms with Gasteiger partial charge >= 0.3 is 5.97 Å². The van der Waals surface area contributed by atoms with Crippen molar-refractivity contribution in [2.45, 2.75) is 200 Å². The highest BCUT2D eigenvalue weighted by molar-refractivity contribution is 5.69. The zero-order chi connectivity index (χ0) is 31.3. The van der Waals surface area contributed by atoms with E-state index < -0.39 is 6.10 Å². The Hall–Kier alpha value is -1.13. The molecule has 4 heteroatoms. The van der Waals surface area contributed by atoms with E-state index in [2.05, 4.69) is 38.2 Å². The Morgan fingerprint density at radius 3 is 1.33 bits per heavy atom. The molecule has 0 fully saturated rings. The van der Waals surface area contributed by atoms with Gasteiger partial charge in [-0.25, -0.2) is 0 Å². The number of hydrogen-bond donors (Lipinski definition) is 1. The number of allylic oxidation sites excluding steroid dienone is 4. The molecule has 1 atom stereocenters. The Bertz CT molecular complexity index is 600. The zero-order valence-electron chi connectivity index (χ0n) is 29.0. The number of ether oxygens (including phenoxy) is 2. The minimum absolute atomic E-state index is 0.175. The number of carbonyl (C=O) groups is 1. The van der Waals surface area contributed by atoms with Gasteiger partial charge in [0.1, 0.15) is 6.10 Å². The van der Waals surface area contributed by atoms with Crippen LogP contribution in [0, 0.1) is 0 Å². The molecule has 43 heavy (non-hydrogen) atoms. The van der Waals surface area contributed by atoms with Crippen molar-refractivity contribution in [2.24, 2.45) is 0 Å². The first-order valence-electron chi connectivity index (χ1n) is 18.9. The summed E-state index contributed by atoms with van der Waals surface area (Å²) in [6.45, 7) is 5.33. The van der Waals surface area contributed by atoms with E-state index >= 15 is 0 Å². The second-order valence-electron chi connectivity index (χ2n) is 12.6. The smallest absolute Gasteiger partial charge is 0.306 e. The molecular formula is C39H74O4. The molecule has 1 unspecified atom stereocenters. The van der Waals surface area contributed by atoms with E-state index in [1.165, 1.54) is 154 Å². The molecule has 0 aliphatic carbocycles. The Labute approximate surface area is 268 Å². The van der Waals surface area contributed by atoms with Crippen molar-refractivity contribution in [1.29, 1.82) is 0 Å². The number of hydrogen-bond acceptors (Lipinski definition) is 4. The third-order valence-corrected chi connectivity index (χ3v) is 8.25. The molecule has 4 nitrogen and oxygen atoms in total. The van der Waals surface area contributed by atoms with Crippen LogP contribution in [0.2, 0.25) is 0 Å². The lowest BCUT2D eigenvalue weighted by Crippen LogP contribution is -2.27. The van der Waals surface area contributed by atoms with Crippen LogP contribution >= 0.6 is 0 Å². The van der Waals surface area contributed by atoms with Crippen LogP contribution in [0.5, 0.6) is 0 Å². The van der Waals surface area contributed by atoms with E-state index in [0.717, 1.165) is 19.3 Å². The molecular weight excluding hydrogens is 532 g/mol. The van der Waals surface area contributed by atoms with Gasteiger partial charge in [-0.05, 0) is 64.2 Å². The third-order valence-electron chi connectivity index (χ3n) is 8.25. The van der Waals surface area contributed by atoms with Crippen LogP contribution < -0.4 is 0 Å². The molecule has 0 aromatic rings. The normalized spacial score (nSPS) is 12.5. The maximum absolute atomic E-state index is 12.1. The standard InChI is InChI=1S/C39H74O4/c1-3-5-7-9-11-13-15-17-19-20-22-24-26-28-30-32-34-39(41)43-38(36-40)37-42-35-33-31-29-27-25-23-21-18-16-14-12-10-8-6-4-2/h16,18-20,38,40H,3-15,17,21-37H2,1-2H3/b18-16-,20-19-. The van der Waals surface area contributed by atoms with Crippen molar-refractivity contribution in [3.63, 3.8) is 0 Å². The molecule has 0 saturated heterocycles. The van der Waals surface area contributed by atoms with Gasteiger partial charge in [0, 0.05) is 13.0 Å². The van der Waals surface area contributed by atoms with Gasteiger partial charge in [-0.1, -0.05) is 147 Å². The van der Waals surface area contributed by atoms with Gasteiger partial charge < -0.3 is 14.6 Å². The van der Waals surface area contributed by atoms with E-state index in [0.29, 0.717) is 19.6 Å². The zero-order valence-corrected chi connectivity index (χ0v) is 29.0. The molecule has 0 amide bonds. The van der Waals surface area contributed by atoms with Crippen LogP contribution in [-0.2, 0) is 14.3 Å². The molecule has 0 aliphatic heterocycles. The fourth-order valence-corrected chi connectivity index (χ4v) is 5.38. The van der Waals surface area contributed by atoms with Crippen molar-refractivity contribution < 1.29 is 19.4 Å². The maximum atomic E-state index is 12.1. The molecule has 0 aromatic heterocycles. The van der Waals surface area contributed by atoms with Crippen LogP contribution in [0.15, 0.2) is 24.3 Å². The average Bonchev–Trinajstić information content (AvgIpc) is 3.01. The second kappa shape index (κ2) is 37.1. The van der Waals surface area contributed by atoms with E-state index in [4.69, 9.17) is 9.47 Å². The quantitative estimate of drug-likeness (QED) is 0.0443. The third kappa shape index (κ3) is 35.2. The molecule has 0 aromatic carbocycles. The fraction of sp³-hybridized carbons (Fsp3) is 0.872. The topological polar surface area (TPSA) is 55.8 Å². The van der Waals surface area contributed by atoms with Gasteiger partial charge in [0.2, 0.25) is 0 Å². The summed E-state index contributed by atoms with van der Waals surface area (Å²) in [5, 5.41) is 9.55. The van der Waals surface area contributed by atoms with Crippen LogP contribution in [0.3, 0.4) is 0 Å². The van der Waals surface area contributed by atoms with Gasteiger partial charge in [-0.3, -0.25) is 4.79 Å². The van der Waals surface area contributed by atoms with Crippen molar-refractivity contribution in [1.82, 2.24) is 0 Å². The monoisotopic (exact) mass is 607 g/mol. The average molecular weight is 607 g/mol. The minimum atomic E-state index is -0.537. The summed E-state index contributed by atoms with van der Waals surface area (Å²) in [4.78, 5) is 12.1. The number of rotatable bonds is 35. The summed E-state index contributed by atoms with van der Waals surface area (Å²) in [5.41, 5.74) is 0. The van der Waals surface area contributed by atoms with Gasteiger partial charge in [-0.2, -0.15) is 0 Å². The summed E-state index contributed by atoms with van der Waals surface area (Å²) < 4.78 is 11.1. The lowest BCUT2D eigenvalue weighted by Gasteiger charge is -2.15. The second-order valence-corrected chi connectivity index (χ2v) is 12.6. The Kier molecular flexibility index (Phi) is 36.1. The van der Waals surface area contributed by atoms with Crippen LogP contribution in [-0.4, -0.2) is 37.0 Å². The molecule has 254 valence electrons. The van der Waals surface area contributed by atoms with Crippen molar-refractivity contribution >= 4 is 5.97 Å². The largest absolute Gasteiger partial charge is 0.457 e. The maximum Gasteiger partial charge on any atom is 0.306 e. The van der Waals surface area contributed by atoms with Crippen molar-refractivity contribution in [3.05, 3.63) is 24.3 Å². The predicted molar refractivity (Wildman–Crippen MR) is 187 cm³/mol. The van der Waals surface area contributed by atoms with Crippen LogP contribution in [0.4, 0.5) is 0 Å². The number of carbonyl (C=O) groups excluding carboxylic acids is 1. The molecule has 0 spiro atoms. The van der Waals surface area contributed by atoms with Gasteiger partial charge in [0.05, 0.1) is 13.2 Å². The summed E-state index contributed by atoms with van der Waals surface area (Å²) in [6.07, 6.45) is 43.6. The van der Waals surface area contributed by atoms with Gasteiger partial charge in [0.25, 0.3) is 0 Å². The first-order chi connectivity index (χ1) is 21.2. The summed E-state index contributed by atoms with van der Waals surface area (Å²) >= 11 is 0. The highest BCUT2D eigenvalue weighted by Crippen LogP contribution is 2.12. The molecule has 0 radical (unpaired) electrons. The van der Waals surface area contributed by atoms with Gasteiger partial charge in [-0.15, -0.1) is 0 Å². The van der Waals surface area contributed by atoms with E-state index in [9.17, 15) is 9.90 Å². The number of esters is 1. The molecule has 0 saturated carbocycles. The van der Waals surface area contributed by atoms with Gasteiger partial charge in [0.15, 0.2) is 0 Å². The fourth-order valence-electron chi connectivity index (χ4n) is 5.38. The van der Waals surface area contributed by atoms with Crippen molar-refractivity contribution in [2.75, 3.05) is 19.8 Å². The summed E-state index contributed by atoms with van der Waals surface area (Å²) in [6, 6.07) is 0. The molecule has 1 N–H and O–H groups in total. The highest BCUT2D eigenvalue weighted by Gasteiger charge is 2.13. The molecule has 0 bridgehead atoms. The SMILES string of the molecule is CCCCCCC/C=C\CCCCCCCCOCC(CO)OC(=O)CCCCCCC/C=C\CCCCCCCCC. The number of aliphatic hydroxyl groups excluding tert-OH is 1. The first kappa shape index (κ1) is 41.9. The summed E-state index contributed by atoms with van der Waals surface area (Å²) in [7, 11) is 0. The van der Waals surface area contributed by atoms with Crippen LogP contribution in [0.25, 0.3) is 0 Å². The lowest BCUT2D eigenvalue weighted by molar-refractivity contribution is -0.154. The molecule has 0 aliphatic rings. The first-order valence-corrected chi connectivity index (χ1v) is 18.9. The Morgan fingerprint density at radius 2 is 0.907 bits per heavy atom. The van der Waals surface area contributed by atoms with E-state index in [1.807, 2.05) is 0 Å². The number of aliphatic hydroxyl groups is 1. The van der Waals surface area contributed by atoms with E-state index in [1.54, 1.807) is 0 Å². The minimum Gasteiger partial charge on any atom is -0.457 e. The Balaban J connectivity index is 3.45. The highest BCUT2D eigenvalue weighted by atomic mass is 16.6. The van der Waals surface area contributed by atoms with Crippen LogP contribution in [0.1, 0.15) is 194 Å². The van der Waals surface area contributed by atoms with E-state index in [-0.39, 0.29) is 12.6 Å². The Morgan fingerprint density at radius 1 is 0.535 bits per heavy atom. The lowest BCUT2D eigenvalue weighted by atomic mass is 10.1.